The Labute approximate surface area is 111 Å². The van der Waals surface area contributed by atoms with Gasteiger partial charge in [0.25, 0.3) is 0 Å². The summed E-state index contributed by atoms with van der Waals surface area (Å²) in [6.45, 7) is 0. The first-order chi connectivity index (χ1) is 8.84. The van der Waals surface area contributed by atoms with Crippen LogP contribution in [0.25, 0.3) is 0 Å². The van der Waals surface area contributed by atoms with Crippen LogP contribution in [0.1, 0.15) is 12.8 Å². The Morgan fingerprint density at radius 2 is 2.05 bits per heavy atom. The molecule has 0 saturated heterocycles. The van der Waals surface area contributed by atoms with Gasteiger partial charge in [-0.1, -0.05) is 0 Å². The van der Waals surface area contributed by atoms with Crippen molar-refractivity contribution < 1.29 is 23.4 Å². The first-order valence-corrected chi connectivity index (χ1v) is 7.22. The predicted molar refractivity (Wildman–Crippen MR) is 71.9 cm³/mol. The second kappa shape index (κ2) is 6.28. The van der Waals surface area contributed by atoms with Crippen molar-refractivity contribution in [2.24, 2.45) is 0 Å². The molecule has 19 heavy (non-hydrogen) atoms. The Balaban J connectivity index is 2.74. The normalized spacial score (nSPS) is 11.0. The van der Waals surface area contributed by atoms with Crippen LogP contribution in [0.2, 0.25) is 0 Å². The Kier molecular flexibility index (Phi) is 4.99. The van der Waals surface area contributed by atoms with Crippen LogP contribution in [0.4, 0.5) is 11.4 Å². The summed E-state index contributed by atoms with van der Waals surface area (Å²) in [6, 6.07) is 4.41. The van der Waals surface area contributed by atoms with E-state index in [0.29, 0.717) is 5.69 Å². The Morgan fingerprint density at radius 3 is 2.63 bits per heavy atom. The summed E-state index contributed by atoms with van der Waals surface area (Å²) in [5, 5.41) is 20.8. The lowest BCUT2D eigenvalue weighted by molar-refractivity contribution is -0.137. The number of hydrogen-bond donors (Lipinski definition) is 4. The van der Waals surface area contributed by atoms with E-state index < -0.39 is 16.0 Å². The smallest absolute Gasteiger partial charge is 0.303 e. The fourth-order valence-corrected chi connectivity index (χ4v) is 2.53. The van der Waals surface area contributed by atoms with Gasteiger partial charge in [0.15, 0.2) is 0 Å². The zero-order chi connectivity index (χ0) is 14.5. The lowest BCUT2D eigenvalue weighted by atomic mass is 10.2. The van der Waals surface area contributed by atoms with Crippen molar-refractivity contribution >= 4 is 27.4 Å². The minimum atomic E-state index is -3.68. The number of carboxylic acid groups (broad SMARTS) is 1. The molecular formula is C11H16N2O5S. The summed E-state index contributed by atoms with van der Waals surface area (Å²) in [7, 11) is -2.01. The first-order valence-electron chi connectivity index (χ1n) is 5.57. The number of benzene rings is 1. The van der Waals surface area contributed by atoms with Gasteiger partial charge in [-0.25, -0.2) is 8.42 Å². The number of hydrogen-bond acceptors (Lipinski definition) is 5. The van der Waals surface area contributed by atoms with Gasteiger partial charge in [0, 0.05) is 19.2 Å². The summed E-state index contributed by atoms with van der Waals surface area (Å²) in [5.74, 6) is -1.56. The van der Waals surface area contributed by atoms with E-state index in [4.69, 9.17) is 5.11 Å². The second-order valence-corrected chi connectivity index (χ2v) is 5.74. The van der Waals surface area contributed by atoms with Crippen molar-refractivity contribution in [3.8, 4) is 5.75 Å². The van der Waals surface area contributed by atoms with Gasteiger partial charge in [0.1, 0.15) is 5.75 Å². The number of sulfonamides is 1. The van der Waals surface area contributed by atoms with Gasteiger partial charge in [0.2, 0.25) is 10.0 Å². The molecule has 0 saturated carbocycles. The summed E-state index contributed by atoms with van der Waals surface area (Å²) in [5.41, 5.74) is 0.697. The molecule has 106 valence electrons. The minimum absolute atomic E-state index is 0.0111. The molecule has 0 aliphatic heterocycles. The molecule has 4 N–H and O–H groups in total. The summed E-state index contributed by atoms with van der Waals surface area (Å²) in [4.78, 5) is 10.3. The number of phenols is 1. The predicted octanol–water partition coefficient (Wildman–Crippen LogP) is 1.04. The Bertz CT molecular complexity index is 556. The Hall–Kier alpha value is -1.96. The monoisotopic (exact) mass is 288 g/mol. The van der Waals surface area contributed by atoms with Crippen molar-refractivity contribution in [2.45, 2.75) is 12.8 Å². The highest BCUT2D eigenvalue weighted by atomic mass is 32.2. The van der Waals surface area contributed by atoms with Gasteiger partial charge >= 0.3 is 5.97 Å². The lowest BCUT2D eigenvalue weighted by Gasteiger charge is -2.10. The van der Waals surface area contributed by atoms with Crippen molar-refractivity contribution in [1.82, 2.24) is 0 Å². The molecular weight excluding hydrogens is 272 g/mol. The van der Waals surface area contributed by atoms with E-state index in [2.05, 4.69) is 10.0 Å². The maximum Gasteiger partial charge on any atom is 0.303 e. The van der Waals surface area contributed by atoms with Gasteiger partial charge in [-0.15, -0.1) is 0 Å². The maximum absolute atomic E-state index is 11.7. The van der Waals surface area contributed by atoms with Crippen molar-refractivity contribution in [1.29, 1.82) is 0 Å². The molecule has 1 rings (SSSR count). The number of nitrogens with one attached hydrogen (secondary N) is 2. The molecule has 0 aromatic heterocycles. The van der Waals surface area contributed by atoms with Crippen LogP contribution in [0.15, 0.2) is 18.2 Å². The van der Waals surface area contributed by atoms with Crippen LogP contribution in [0, 0.1) is 0 Å². The average molecular weight is 288 g/mol. The molecule has 0 aliphatic carbocycles. The van der Waals surface area contributed by atoms with Crippen LogP contribution in [-0.2, 0) is 14.8 Å². The fourth-order valence-electron chi connectivity index (χ4n) is 1.41. The molecule has 0 aliphatic rings. The van der Waals surface area contributed by atoms with Crippen LogP contribution in [0.5, 0.6) is 5.75 Å². The van der Waals surface area contributed by atoms with Gasteiger partial charge in [0.05, 0.1) is 11.4 Å². The van der Waals surface area contributed by atoms with E-state index in [1.807, 2.05) is 0 Å². The van der Waals surface area contributed by atoms with Crippen LogP contribution in [-0.4, -0.2) is 37.4 Å². The fraction of sp³-hybridized carbons (Fsp3) is 0.364. The molecule has 0 amide bonds. The van der Waals surface area contributed by atoms with Crippen LogP contribution < -0.4 is 10.0 Å². The number of aliphatic carboxylic acids is 1. The van der Waals surface area contributed by atoms with E-state index in [1.165, 1.54) is 12.1 Å². The number of carbonyl (C=O) groups is 1. The number of phenolic OH excluding ortho intramolecular Hbond substituents is 1. The third-order valence-corrected chi connectivity index (χ3v) is 3.71. The SMILES string of the molecule is CNc1ccc(O)c(NS(=O)(=O)CCCC(=O)O)c1. The molecule has 0 unspecified atom stereocenters. The summed E-state index contributed by atoms with van der Waals surface area (Å²) in [6.07, 6.45) is -0.208. The molecule has 0 fully saturated rings. The minimum Gasteiger partial charge on any atom is -0.506 e. The van der Waals surface area contributed by atoms with Crippen molar-refractivity contribution in [2.75, 3.05) is 22.8 Å². The third-order valence-electron chi connectivity index (χ3n) is 2.35. The molecule has 0 spiro atoms. The topological polar surface area (TPSA) is 116 Å². The maximum atomic E-state index is 11.7. The molecule has 0 bridgehead atoms. The van der Waals surface area contributed by atoms with Gasteiger partial charge < -0.3 is 15.5 Å². The first kappa shape index (κ1) is 15.1. The molecule has 0 radical (unpaired) electrons. The zero-order valence-corrected chi connectivity index (χ0v) is 11.2. The van der Waals surface area contributed by atoms with Gasteiger partial charge in [-0.2, -0.15) is 0 Å². The van der Waals surface area contributed by atoms with Crippen LogP contribution in [0.3, 0.4) is 0 Å². The molecule has 0 atom stereocenters. The summed E-state index contributed by atoms with van der Waals surface area (Å²) >= 11 is 0. The quantitative estimate of drug-likeness (QED) is 0.440. The molecule has 7 nitrogen and oxygen atoms in total. The van der Waals surface area contributed by atoms with E-state index in [-0.39, 0.29) is 30.0 Å². The largest absolute Gasteiger partial charge is 0.506 e. The van der Waals surface area contributed by atoms with E-state index in [1.54, 1.807) is 13.1 Å². The standard InChI is InChI=1S/C11H16N2O5S/c1-12-8-4-5-10(14)9(7-8)13-19(17,18)6-2-3-11(15)16/h4-5,7,12-14H,2-3,6H2,1H3,(H,15,16). The van der Waals surface area contributed by atoms with Gasteiger partial charge in [-0.3, -0.25) is 9.52 Å². The van der Waals surface area contributed by atoms with Crippen molar-refractivity contribution in [3.05, 3.63) is 18.2 Å². The summed E-state index contributed by atoms with van der Waals surface area (Å²) < 4.78 is 25.6. The highest BCUT2D eigenvalue weighted by Crippen LogP contribution is 2.27. The Morgan fingerprint density at radius 1 is 1.37 bits per heavy atom. The number of carboxylic acids is 1. The number of rotatable bonds is 7. The van der Waals surface area contributed by atoms with E-state index in [0.717, 1.165) is 0 Å². The number of aromatic hydroxyl groups is 1. The highest BCUT2D eigenvalue weighted by Gasteiger charge is 2.14. The lowest BCUT2D eigenvalue weighted by Crippen LogP contribution is -2.17. The van der Waals surface area contributed by atoms with Crippen molar-refractivity contribution in [3.63, 3.8) is 0 Å². The van der Waals surface area contributed by atoms with E-state index >= 15 is 0 Å². The zero-order valence-electron chi connectivity index (χ0n) is 10.4. The molecule has 1 aromatic carbocycles. The number of anilines is 2. The molecule has 1 aromatic rings. The highest BCUT2D eigenvalue weighted by molar-refractivity contribution is 7.92. The molecule has 8 heteroatoms. The second-order valence-electron chi connectivity index (χ2n) is 3.90. The third kappa shape index (κ3) is 5.04. The van der Waals surface area contributed by atoms with Crippen LogP contribution >= 0.6 is 0 Å². The average Bonchev–Trinajstić information content (AvgIpc) is 2.31. The molecule has 0 heterocycles. The van der Waals surface area contributed by atoms with Gasteiger partial charge in [-0.05, 0) is 24.6 Å². The van der Waals surface area contributed by atoms with E-state index in [9.17, 15) is 18.3 Å².